The summed E-state index contributed by atoms with van der Waals surface area (Å²) < 4.78 is 0. The number of carboxylic acid groups (broad SMARTS) is 1. The minimum absolute atomic E-state index is 0.460. The highest BCUT2D eigenvalue weighted by molar-refractivity contribution is 6.36. The summed E-state index contributed by atoms with van der Waals surface area (Å²) in [5.74, 6) is -2.54. The number of rotatable bonds is 2. The number of carbonyl (C=O) groups is 2. The van der Waals surface area contributed by atoms with Gasteiger partial charge < -0.3 is 10.4 Å². The first-order valence-corrected chi connectivity index (χ1v) is 5.36. The molecule has 0 heterocycles. The van der Waals surface area contributed by atoms with Crippen molar-refractivity contribution in [3.8, 4) is 11.1 Å². The molecule has 2 N–H and O–H groups in total. The number of nitrogens with one attached hydrogen (secondary N) is 1. The predicted octanol–water partition coefficient (Wildman–Crippen LogP) is 2.38. The molecule has 0 aliphatic rings. The molecule has 18 heavy (non-hydrogen) atoms. The van der Waals surface area contributed by atoms with Crippen molar-refractivity contribution in [1.82, 2.24) is 0 Å². The molecule has 0 fully saturated rings. The molecule has 0 aromatic heterocycles. The maximum absolute atomic E-state index is 11.0. The third-order valence-electron chi connectivity index (χ3n) is 2.44. The van der Waals surface area contributed by atoms with Crippen LogP contribution < -0.4 is 5.32 Å². The molecule has 4 nitrogen and oxygen atoms in total. The number of carbonyl (C=O) groups excluding carboxylic acids is 1. The van der Waals surface area contributed by atoms with Crippen LogP contribution in [-0.4, -0.2) is 17.0 Å². The fourth-order valence-electron chi connectivity index (χ4n) is 1.56. The third-order valence-corrected chi connectivity index (χ3v) is 2.44. The summed E-state index contributed by atoms with van der Waals surface area (Å²) in [6.07, 6.45) is 0. The Morgan fingerprint density at radius 1 is 0.833 bits per heavy atom. The first-order valence-electron chi connectivity index (χ1n) is 5.36. The zero-order chi connectivity index (χ0) is 13.0. The van der Waals surface area contributed by atoms with Gasteiger partial charge >= 0.3 is 11.9 Å². The summed E-state index contributed by atoms with van der Waals surface area (Å²) in [7, 11) is 0. The summed E-state index contributed by atoms with van der Waals surface area (Å²) in [5.41, 5.74) is 2.53. The second-order valence-corrected chi connectivity index (χ2v) is 3.70. The van der Waals surface area contributed by atoms with Gasteiger partial charge in [0.25, 0.3) is 0 Å². The van der Waals surface area contributed by atoms with Crippen LogP contribution in [-0.2, 0) is 9.59 Å². The van der Waals surface area contributed by atoms with Crippen LogP contribution in [0.4, 0.5) is 5.69 Å². The minimum atomic E-state index is -1.50. The molecule has 0 atom stereocenters. The lowest BCUT2D eigenvalue weighted by Crippen LogP contribution is -2.21. The molecule has 90 valence electrons. The molecule has 0 spiro atoms. The Bertz CT molecular complexity index is 561. The molecule has 1 amide bonds. The van der Waals surface area contributed by atoms with E-state index in [0.717, 1.165) is 11.1 Å². The topological polar surface area (TPSA) is 66.4 Å². The molecule has 0 bridgehead atoms. The van der Waals surface area contributed by atoms with Gasteiger partial charge in [0.15, 0.2) is 0 Å². The highest BCUT2D eigenvalue weighted by Crippen LogP contribution is 2.20. The van der Waals surface area contributed by atoms with E-state index in [1.807, 2.05) is 42.5 Å². The van der Waals surface area contributed by atoms with Crippen molar-refractivity contribution in [2.75, 3.05) is 5.32 Å². The average Bonchev–Trinajstić information content (AvgIpc) is 2.40. The van der Waals surface area contributed by atoms with Crippen molar-refractivity contribution >= 4 is 17.6 Å². The number of benzene rings is 2. The largest absolute Gasteiger partial charge is 0.474 e. The first kappa shape index (κ1) is 11.9. The van der Waals surface area contributed by atoms with E-state index in [1.54, 1.807) is 12.1 Å². The van der Waals surface area contributed by atoms with E-state index in [-0.39, 0.29) is 0 Å². The van der Waals surface area contributed by atoms with E-state index in [2.05, 4.69) is 5.32 Å². The van der Waals surface area contributed by atoms with E-state index in [0.29, 0.717) is 5.69 Å². The van der Waals surface area contributed by atoms with Crippen LogP contribution >= 0.6 is 0 Å². The molecule has 0 saturated carbocycles. The van der Waals surface area contributed by atoms with Crippen LogP contribution in [0.5, 0.6) is 0 Å². The molecule has 4 heteroatoms. The number of aliphatic carboxylic acids is 1. The van der Waals surface area contributed by atoms with Gasteiger partial charge in [-0.1, -0.05) is 42.5 Å². The van der Waals surface area contributed by atoms with Crippen molar-refractivity contribution in [3.63, 3.8) is 0 Å². The zero-order valence-corrected chi connectivity index (χ0v) is 9.46. The monoisotopic (exact) mass is 241 g/mol. The lowest BCUT2D eigenvalue weighted by molar-refractivity contribution is -0.147. The highest BCUT2D eigenvalue weighted by Gasteiger charge is 2.10. The van der Waals surface area contributed by atoms with Crippen LogP contribution in [0.1, 0.15) is 0 Å². The Labute approximate surface area is 104 Å². The van der Waals surface area contributed by atoms with Crippen molar-refractivity contribution in [1.29, 1.82) is 0 Å². The van der Waals surface area contributed by atoms with Crippen LogP contribution in [0.25, 0.3) is 11.1 Å². The molecule has 2 aromatic rings. The lowest BCUT2D eigenvalue weighted by Gasteiger charge is -2.04. The number of amides is 1. The molecule has 0 aliphatic heterocycles. The fourth-order valence-corrected chi connectivity index (χ4v) is 1.56. The van der Waals surface area contributed by atoms with Crippen LogP contribution in [0.3, 0.4) is 0 Å². The molecule has 0 radical (unpaired) electrons. The van der Waals surface area contributed by atoms with Gasteiger partial charge in [0, 0.05) is 5.69 Å². The smallest absolute Gasteiger partial charge is 0.394 e. The maximum atomic E-state index is 11.0. The second kappa shape index (κ2) is 5.14. The van der Waals surface area contributed by atoms with Crippen molar-refractivity contribution < 1.29 is 14.7 Å². The van der Waals surface area contributed by atoms with Crippen LogP contribution in [0.15, 0.2) is 54.6 Å². The third kappa shape index (κ3) is 2.74. The summed E-state index contributed by atoms with van der Waals surface area (Å²) in [6, 6.07) is 16.8. The van der Waals surface area contributed by atoms with Crippen LogP contribution in [0, 0.1) is 0 Å². The molecular formula is C14H11NO3. The van der Waals surface area contributed by atoms with Gasteiger partial charge in [-0.25, -0.2) is 4.79 Å². The maximum Gasteiger partial charge on any atom is 0.394 e. The Morgan fingerprint density at radius 2 is 1.39 bits per heavy atom. The molecule has 0 aliphatic carbocycles. The number of anilines is 1. The van der Waals surface area contributed by atoms with Gasteiger partial charge in [0.05, 0.1) is 0 Å². The van der Waals surface area contributed by atoms with Gasteiger partial charge in [-0.3, -0.25) is 4.79 Å². The van der Waals surface area contributed by atoms with E-state index in [1.165, 1.54) is 0 Å². The minimum Gasteiger partial charge on any atom is -0.474 e. The Hall–Kier alpha value is -2.62. The fraction of sp³-hybridized carbons (Fsp3) is 0. The van der Waals surface area contributed by atoms with Crippen molar-refractivity contribution in [3.05, 3.63) is 54.6 Å². The van der Waals surface area contributed by atoms with E-state index < -0.39 is 11.9 Å². The molecule has 2 rings (SSSR count). The Morgan fingerprint density at radius 3 is 1.94 bits per heavy atom. The average molecular weight is 241 g/mol. The summed E-state index contributed by atoms with van der Waals surface area (Å²) in [4.78, 5) is 21.3. The van der Waals surface area contributed by atoms with E-state index in [4.69, 9.17) is 5.11 Å². The highest BCUT2D eigenvalue weighted by atomic mass is 16.4. The Kier molecular flexibility index (Phi) is 3.38. The van der Waals surface area contributed by atoms with E-state index in [9.17, 15) is 9.59 Å². The summed E-state index contributed by atoms with van der Waals surface area (Å²) in [5, 5.41) is 10.7. The Balaban J connectivity index is 2.16. The zero-order valence-electron chi connectivity index (χ0n) is 9.46. The molecule has 0 saturated heterocycles. The van der Waals surface area contributed by atoms with Gasteiger partial charge in [-0.05, 0) is 23.3 Å². The van der Waals surface area contributed by atoms with Gasteiger partial charge in [0.1, 0.15) is 0 Å². The number of carboxylic acids is 1. The standard InChI is InChI=1S/C14H11NO3/c16-13(14(17)18)15-12-8-6-11(7-9-12)10-4-2-1-3-5-10/h1-9H,(H,15,16)(H,17,18). The SMILES string of the molecule is O=C(O)C(=O)Nc1ccc(-c2ccccc2)cc1. The summed E-state index contributed by atoms with van der Waals surface area (Å²) in [6.45, 7) is 0. The summed E-state index contributed by atoms with van der Waals surface area (Å²) >= 11 is 0. The van der Waals surface area contributed by atoms with Gasteiger partial charge in [-0.2, -0.15) is 0 Å². The molecular weight excluding hydrogens is 230 g/mol. The van der Waals surface area contributed by atoms with Crippen molar-refractivity contribution in [2.24, 2.45) is 0 Å². The van der Waals surface area contributed by atoms with E-state index >= 15 is 0 Å². The normalized spacial score (nSPS) is 9.78. The quantitative estimate of drug-likeness (QED) is 0.793. The molecule has 2 aromatic carbocycles. The first-order chi connectivity index (χ1) is 8.66. The number of hydrogen-bond acceptors (Lipinski definition) is 2. The van der Waals surface area contributed by atoms with Crippen molar-refractivity contribution in [2.45, 2.75) is 0 Å². The predicted molar refractivity (Wildman–Crippen MR) is 68.1 cm³/mol. The van der Waals surface area contributed by atoms with Crippen LogP contribution in [0.2, 0.25) is 0 Å². The van der Waals surface area contributed by atoms with Gasteiger partial charge in [-0.15, -0.1) is 0 Å². The second-order valence-electron chi connectivity index (χ2n) is 3.70. The lowest BCUT2D eigenvalue weighted by atomic mass is 10.1. The molecule has 0 unspecified atom stereocenters. The number of hydrogen-bond donors (Lipinski definition) is 2. The van der Waals surface area contributed by atoms with Gasteiger partial charge in [0.2, 0.25) is 0 Å².